The molecule has 0 radical (unpaired) electrons. The van der Waals surface area contributed by atoms with Crippen molar-refractivity contribution in [1.29, 1.82) is 0 Å². The summed E-state index contributed by atoms with van der Waals surface area (Å²) in [5.74, 6) is 0. The van der Waals surface area contributed by atoms with Gasteiger partial charge in [-0.1, -0.05) is 11.6 Å². The second-order valence-electron chi connectivity index (χ2n) is 7.10. The number of aliphatic hydroxyl groups excluding tert-OH is 1. The Hall–Kier alpha value is -1.17. The zero-order valence-electron chi connectivity index (χ0n) is 15.1. The number of aliphatic hydroxyl groups is 1. The van der Waals surface area contributed by atoms with E-state index in [0.29, 0.717) is 12.1 Å². The minimum absolute atomic E-state index is 0.259. The van der Waals surface area contributed by atoms with Crippen LogP contribution in [0, 0.1) is 0 Å². The molecule has 23 heavy (non-hydrogen) atoms. The van der Waals surface area contributed by atoms with E-state index in [1.54, 1.807) is 0 Å². The minimum Gasteiger partial charge on any atom is -0.396 e. The Morgan fingerprint density at radius 1 is 1.39 bits per heavy atom. The topological polar surface area (TPSA) is 44.5 Å². The quantitative estimate of drug-likeness (QED) is 0.783. The molecule has 0 aromatic carbocycles. The highest BCUT2D eigenvalue weighted by Crippen LogP contribution is 2.16. The van der Waals surface area contributed by atoms with Crippen molar-refractivity contribution in [2.45, 2.75) is 52.7 Å². The Morgan fingerprint density at radius 3 is 2.78 bits per heavy atom. The normalized spacial score (nSPS) is 20.2. The molecule has 1 N–H and O–H groups in total. The lowest BCUT2D eigenvalue weighted by Crippen LogP contribution is -2.53. The van der Waals surface area contributed by atoms with E-state index in [0.717, 1.165) is 39.1 Å². The third-order valence-electron chi connectivity index (χ3n) is 4.48. The number of rotatable bonds is 7. The molecule has 1 atom stereocenters. The van der Waals surface area contributed by atoms with Crippen molar-refractivity contribution in [3.05, 3.63) is 29.6 Å². The van der Waals surface area contributed by atoms with Gasteiger partial charge < -0.3 is 5.11 Å². The van der Waals surface area contributed by atoms with E-state index in [-0.39, 0.29) is 6.61 Å². The molecule has 1 aromatic rings. The summed E-state index contributed by atoms with van der Waals surface area (Å²) in [7, 11) is 0. The zero-order valence-corrected chi connectivity index (χ0v) is 15.1. The molecule has 0 saturated carbocycles. The summed E-state index contributed by atoms with van der Waals surface area (Å²) in [4.78, 5) is 4.98. The maximum Gasteiger partial charge on any atom is 0.0534 e. The maximum absolute atomic E-state index is 9.38. The van der Waals surface area contributed by atoms with Crippen LogP contribution < -0.4 is 0 Å². The lowest BCUT2D eigenvalue weighted by molar-refractivity contribution is 0.0636. The van der Waals surface area contributed by atoms with Crippen LogP contribution in [-0.4, -0.2) is 63.5 Å². The van der Waals surface area contributed by atoms with Crippen LogP contribution in [0.25, 0.3) is 0 Å². The fourth-order valence-electron chi connectivity index (χ4n) is 3.06. The third-order valence-corrected chi connectivity index (χ3v) is 4.48. The van der Waals surface area contributed by atoms with Gasteiger partial charge in [-0.25, -0.2) is 0 Å². The lowest BCUT2D eigenvalue weighted by atomic mass is 10.1. The molecule has 1 aliphatic rings. The van der Waals surface area contributed by atoms with Crippen LogP contribution >= 0.6 is 0 Å². The van der Waals surface area contributed by atoms with Crippen LogP contribution in [0.1, 0.15) is 45.7 Å². The number of aromatic nitrogens is 2. The van der Waals surface area contributed by atoms with Gasteiger partial charge in [0.2, 0.25) is 0 Å². The van der Waals surface area contributed by atoms with Gasteiger partial charge in [-0.05, 0) is 34.1 Å². The molecule has 0 bridgehead atoms. The molecule has 0 aliphatic carbocycles. The van der Waals surface area contributed by atoms with Crippen molar-refractivity contribution < 1.29 is 5.11 Å². The van der Waals surface area contributed by atoms with Gasteiger partial charge >= 0.3 is 0 Å². The average Bonchev–Trinajstić information content (AvgIpc) is 2.95. The minimum atomic E-state index is 0.259. The first-order valence-electron chi connectivity index (χ1n) is 8.73. The summed E-state index contributed by atoms with van der Waals surface area (Å²) in [6, 6.07) is 0.844. The standard InChI is InChI=1S/C18H32N4O/c1-15(2)5-7-21-9-8-20(14-18(21)6-10-23)12-17-11-19-22(13-17)16(3)4/h5,11,13,16,18,23H,6-10,12,14H2,1-4H3. The SMILES string of the molecule is CC(C)=CCN1CCN(Cc2cnn(C(C)C)c2)CC1CCO. The summed E-state index contributed by atoms with van der Waals surface area (Å²) in [5.41, 5.74) is 2.63. The molecule has 130 valence electrons. The second-order valence-corrected chi connectivity index (χ2v) is 7.10. The number of hydrogen-bond acceptors (Lipinski definition) is 4. The summed E-state index contributed by atoms with van der Waals surface area (Å²) >= 11 is 0. The number of piperazine rings is 1. The van der Waals surface area contributed by atoms with E-state index in [4.69, 9.17) is 0 Å². The molecule has 0 spiro atoms. The van der Waals surface area contributed by atoms with E-state index in [9.17, 15) is 5.11 Å². The summed E-state index contributed by atoms with van der Waals surface area (Å²) in [6.45, 7) is 13.9. The van der Waals surface area contributed by atoms with Crippen LogP contribution in [0.4, 0.5) is 0 Å². The number of allylic oxidation sites excluding steroid dienone is 1. The summed E-state index contributed by atoms with van der Waals surface area (Å²) < 4.78 is 2.02. The Bertz CT molecular complexity index is 505. The van der Waals surface area contributed by atoms with E-state index < -0.39 is 0 Å². The fourth-order valence-corrected chi connectivity index (χ4v) is 3.06. The van der Waals surface area contributed by atoms with Gasteiger partial charge in [-0.3, -0.25) is 14.5 Å². The predicted octanol–water partition coefficient (Wildman–Crippen LogP) is 2.30. The molecule has 2 heterocycles. The Balaban J connectivity index is 1.93. The number of hydrogen-bond donors (Lipinski definition) is 1. The molecule has 0 amide bonds. The van der Waals surface area contributed by atoms with Crippen molar-refractivity contribution in [1.82, 2.24) is 19.6 Å². The first kappa shape index (κ1) is 18.2. The van der Waals surface area contributed by atoms with Crippen LogP contribution in [0.15, 0.2) is 24.0 Å². The summed E-state index contributed by atoms with van der Waals surface area (Å²) in [6.07, 6.45) is 7.27. The van der Waals surface area contributed by atoms with Gasteiger partial charge in [-0.15, -0.1) is 0 Å². The highest BCUT2D eigenvalue weighted by atomic mass is 16.3. The van der Waals surface area contributed by atoms with Crippen LogP contribution in [-0.2, 0) is 6.54 Å². The van der Waals surface area contributed by atoms with Crippen LogP contribution in [0.5, 0.6) is 0 Å². The Labute approximate surface area is 140 Å². The van der Waals surface area contributed by atoms with Gasteiger partial charge in [0.1, 0.15) is 0 Å². The molecular weight excluding hydrogens is 288 g/mol. The van der Waals surface area contributed by atoms with Crippen molar-refractivity contribution >= 4 is 0 Å². The Morgan fingerprint density at radius 2 is 2.17 bits per heavy atom. The first-order valence-corrected chi connectivity index (χ1v) is 8.73. The molecule has 1 aromatic heterocycles. The first-order chi connectivity index (χ1) is 11.0. The highest BCUT2D eigenvalue weighted by molar-refractivity contribution is 5.05. The zero-order chi connectivity index (χ0) is 16.8. The molecule has 1 fully saturated rings. The molecule has 2 rings (SSSR count). The van der Waals surface area contributed by atoms with E-state index in [1.165, 1.54) is 11.1 Å². The smallest absolute Gasteiger partial charge is 0.0534 e. The van der Waals surface area contributed by atoms with Gasteiger partial charge in [0.25, 0.3) is 0 Å². The van der Waals surface area contributed by atoms with E-state index in [2.05, 4.69) is 54.9 Å². The van der Waals surface area contributed by atoms with E-state index >= 15 is 0 Å². The molecular formula is C18H32N4O. The maximum atomic E-state index is 9.38. The Kier molecular flexibility index (Phi) is 6.81. The van der Waals surface area contributed by atoms with Crippen LogP contribution in [0.2, 0.25) is 0 Å². The van der Waals surface area contributed by atoms with Crippen molar-refractivity contribution in [2.75, 3.05) is 32.8 Å². The van der Waals surface area contributed by atoms with Gasteiger partial charge in [-0.2, -0.15) is 5.10 Å². The molecule has 1 unspecified atom stereocenters. The summed E-state index contributed by atoms with van der Waals surface area (Å²) in [5, 5.41) is 13.8. The van der Waals surface area contributed by atoms with Gasteiger partial charge in [0.05, 0.1) is 6.20 Å². The van der Waals surface area contributed by atoms with Crippen LogP contribution in [0.3, 0.4) is 0 Å². The van der Waals surface area contributed by atoms with E-state index in [1.807, 2.05) is 10.9 Å². The number of nitrogens with zero attached hydrogens (tertiary/aromatic N) is 4. The average molecular weight is 320 g/mol. The molecule has 5 heteroatoms. The van der Waals surface area contributed by atoms with Crippen molar-refractivity contribution in [3.63, 3.8) is 0 Å². The van der Waals surface area contributed by atoms with Gasteiger partial charge in [0.15, 0.2) is 0 Å². The lowest BCUT2D eigenvalue weighted by Gasteiger charge is -2.41. The molecule has 1 saturated heterocycles. The highest BCUT2D eigenvalue weighted by Gasteiger charge is 2.26. The van der Waals surface area contributed by atoms with Crippen molar-refractivity contribution in [2.24, 2.45) is 0 Å². The monoisotopic (exact) mass is 320 g/mol. The van der Waals surface area contributed by atoms with Gasteiger partial charge in [0, 0.05) is 63.2 Å². The second kappa shape index (κ2) is 8.62. The molecule has 1 aliphatic heterocycles. The fraction of sp³-hybridized carbons (Fsp3) is 0.722. The molecule has 5 nitrogen and oxygen atoms in total. The third kappa shape index (κ3) is 5.44. The predicted molar refractivity (Wildman–Crippen MR) is 94.4 cm³/mol. The van der Waals surface area contributed by atoms with Crippen molar-refractivity contribution in [3.8, 4) is 0 Å². The largest absolute Gasteiger partial charge is 0.396 e.